The SMILES string of the molecule is CC(NCCSCCCO)C1CCCCC1. The van der Waals surface area contributed by atoms with Gasteiger partial charge in [-0.1, -0.05) is 19.3 Å². The maximum absolute atomic E-state index is 8.65. The monoisotopic (exact) mass is 245 g/mol. The maximum atomic E-state index is 8.65. The summed E-state index contributed by atoms with van der Waals surface area (Å²) in [5.41, 5.74) is 0. The lowest BCUT2D eigenvalue weighted by molar-refractivity contribution is 0.285. The van der Waals surface area contributed by atoms with Gasteiger partial charge >= 0.3 is 0 Å². The van der Waals surface area contributed by atoms with Crippen LogP contribution in [0.4, 0.5) is 0 Å². The van der Waals surface area contributed by atoms with Gasteiger partial charge in [-0.25, -0.2) is 0 Å². The molecule has 0 heterocycles. The number of hydrogen-bond acceptors (Lipinski definition) is 3. The van der Waals surface area contributed by atoms with E-state index in [0.29, 0.717) is 12.6 Å². The lowest BCUT2D eigenvalue weighted by Gasteiger charge is -2.28. The van der Waals surface area contributed by atoms with Crippen LogP contribution in [0.1, 0.15) is 45.4 Å². The molecule has 0 bridgehead atoms. The van der Waals surface area contributed by atoms with Crippen LogP contribution in [0.15, 0.2) is 0 Å². The molecule has 1 saturated carbocycles. The fraction of sp³-hybridized carbons (Fsp3) is 1.00. The third kappa shape index (κ3) is 6.12. The molecule has 0 saturated heterocycles. The van der Waals surface area contributed by atoms with Crippen molar-refractivity contribution in [2.24, 2.45) is 5.92 Å². The van der Waals surface area contributed by atoms with Gasteiger partial charge in [-0.05, 0) is 37.9 Å². The Balaban J connectivity index is 1.94. The molecule has 96 valence electrons. The van der Waals surface area contributed by atoms with Crippen molar-refractivity contribution in [3.05, 3.63) is 0 Å². The van der Waals surface area contributed by atoms with Crippen molar-refractivity contribution in [2.75, 3.05) is 24.7 Å². The first kappa shape index (κ1) is 14.3. The molecule has 2 N–H and O–H groups in total. The Bertz CT molecular complexity index is 160. The number of aliphatic hydroxyl groups is 1. The Kier molecular flexibility index (Phi) is 8.34. The van der Waals surface area contributed by atoms with Gasteiger partial charge in [0.1, 0.15) is 0 Å². The van der Waals surface area contributed by atoms with E-state index in [1.807, 2.05) is 11.8 Å². The Morgan fingerprint density at radius 2 is 2.00 bits per heavy atom. The molecule has 0 aromatic rings. The first-order valence-corrected chi connectivity index (χ1v) is 7.92. The van der Waals surface area contributed by atoms with Crippen LogP contribution in [0.5, 0.6) is 0 Å². The molecule has 0 spiro atoms. The van der Waals surface area contributed by atoms with Crippen LogP contribution in [0, 0.1) is 5.92 Å². The fourth-order valence-electron chi connectivity index (χ4n) is 2.43. The lowest BCUT2D eigenvalue weighted by atomic mass is 9.84. The second kappa shape index (κ2) is 9.32. The predicted molar refractivity (Wildman–Crippen MR) is 73.1 cm³/mol. The van der Waals surface area contributed by atoms with E-state index in [0.717, 1.165) is 24.6 Å². The summed E-state index contributed by atoms with van der Waals surface area (Å²) in [7, 11) is 0. The number of nitrogens with one attached hydrogen (secondary N) is 1. The molecule has 0 amide bonds. The van der Waals surface area contributed by atoms with E-state index < -0.39 is 0 Å². The summed E-state index contributed by atoms with van der Waals surface area (Å²) in [6.45, 7) is 3.79. The van der Waals surface area contributed by atoms with Crippen LogP contribution >= 0.6 is 11.8 Å². The van der Waals surface area contributed by atoms with Crippen molar-refractivity contribution < 1.29 is 5.11 Å². The van der Waals surface area contributed by atoms with Gasteiger partial charge in [0, 0.05) is 24.9 Å². The third-order valence-electron chi connectivity index (χ3n) is 3.52. The number of aliphatic hydroxyl groups excluding tert-OH is 1. The molecule has 1 rings (SSSR count). The summed E-state index contributed by atoms with van der Waals surface area (Å²) in [6.07, 6.45) is 8.09. The summed E-state index contributed by atoms with van der Waals surface area (Å²) in [6, 6.07) is 0.693. The average Bonchev–Trinajstić information content (AvgIpc) is 2.34. The van der Waals surface area contributed by atoms with Crippen molar-refractivity contribution in [3.63, 3.8) is 0 Å². The molecule has 0 aromatic heterocycles. The van der Waals surface area contributed by atoms with Gasteiger partial charge in [-0.3, -0.25) is 0 Å². The first-order chi connectivity index (χ1) is 7.84. The van der Waals surface area contributed by atoms with Gasteiger partial charge in [0.15, 0.2) is 0 Å². The molecular weight excluding hydrogens is 218 g/mol. The molecular formula is C13H27NOS. The quantitative estimate of drug-likeness (QED) is 0.645. The molecule has 0 radical (unpaired) electrons. The highest BCUT2D eigenvalue weighted by atomic mass is 32.2. The van der Waals surface area contributed by atoms with Crippen LogP contribution in [-0.2, 0) is 0 Å². The molecule has 0 aromatic carbocycles. The van der Waals surface area contributed by atoms with E-state index in [1.165, 1.54) is 37.9 Å². The highest BCUT2D eigenvalue weighted by Gasteiger charge is 2.18. The Morgan fingerprint density at radius 3 is 2.69 bits per heavy atom. The molecule has 1 unspecified atom stereocenters. The number of thioether (sulfide) groups is 1. The van der Waals surface area contributed by atoms with E-state index in [1.54, 1.807) is 0 Å². The Labute approximate surface area is 105 Å². The van der Waals surface area contributed by atoms with E-state index >= 15 is 0 Å². The van der Waals surface area contributed by atoms with Crippen molar-refractivity contribution in [2.45, 2.75) is 51.5 Å². The van der Waals surface area contributed by atoms with Crippen LogP contribution in [0.3, 0.4) is 0 Å². The predicted octanol–water partition coefficient (Wildman–Crippen LogP) is 2.66. The summed E-state index contributed by atoms with van der Waals surface area (Å²) in [5.74, 6) is 3.18. The molecule has 16 heavy (non-hydrogen) atoms. The highest BCUT2D eigenvalue weighted by Crippen LogP contribution is 2.26. The maximum Gasteiger partial charge on any atom is 0.0438 e. The topological polar surface area (TPSA) is 32.3 Å². The van der Waals surface area contributed by atoms with Crippen molar-refractivity contribution in [1.29, 1.82) is 0 Å². The Morgan fingerprint density at radius 1 is 1.25 bits per heavy atom. The lowest BCUT2D eigenvalue weighted by Crippen LogP contribution is -2.36. The van der Waals surface area contributed by atoms with Crippen LogP contribution < -0.4 is 5.32 Å². The van der Waals surface area contributed by atoms with E-state index in [2.05, 4.69) is 12.2 Å². The van der Waals surface area contributed by atoms with Gasteiger partial charge in [0.05, 0.1) is 0 Å². The molecule has 1 atom stereocenters. The third-order valence-corrected chi connectivity index (χ3v) is 4.59. The van der Waals surface area contributed by atoms with Gasteiger partial charge < -0.3 is 10.4 Å². The van der Waals surface area contributed by atoms with Crippen LogP contribution in [0.2, 0.25) is 0 Å². The number of hydrogen-bond donors (Lipinski definition) is 2. The summed E-state index contributed by atoms with van der Waals surface area (Å²) in [4.78, 5) is 0. The van der Waals surface area contributed by atoms with Gasteiger partial charge in [-0.15, -0.1) is 0 Å². The minimum atomic E-state index is 0.332. The van der Waals surface area contributed by atoms with Crippen molar-refractivity contribution in [3.8, 4) is 0 Å². The Hall–Kier alpha value is 0.270. The average molecular weight is 245 g/mol. The zero-order valence-corrected chi connectivity index (χ0v) is 11.4. The fourth-order valence-corrected chi connectivity index (χ4v) is 3.23. The van der Waals surface area contributed by atoms with E-state index in [-0.39, 0.29) is 0 Å². The molecule has 1 aliphatic carbocycles. The van der Waals surface area contributed by atoms with Crippen LogP contribution in [-0.4, -0.2) is 35.8 Å². The van der Waals surface area contributed by atoms with Gasteiger partial charge in [-0.2, -0.15) is 11.8 Å². The van der Waals surface area contributed by atoms with Crippen molar-refractivity contribution in [1.82, 2.24) is 5.32 Å². The summed E-state index contributed by atoms with van der Waals surface area (Å²) in [5, 5.41) is 12.3. The normalized spacial score (nSPS) is 19.9. The highest BCUT2D eigenvalue weighted by molar-refractivity contribution is 7.99. The molecule has 3 heteroatoms. The first-order valence-electron chi connectivity index (χ1n) is 6.76. The van der Waals surface area contributed by atoms with E-state index in [9.17, 15) is 0 Å². The minimum absolute atomic E-state index is 0.332. The second-order valence-corrected chi connectivity index (χ2v) is 6.06. The zero-order chi connectivity index (χ0) is 11.6. The summed E-state index contributed by atoms with van der Waals surface area (Å²) >= 11 is 1.94. The second-order valence-electron chi connectivity index (χ2n) is 4.83. The molecule has 2 nitrogen and oxygen atoms in total. The van der Waals surface area contributed by atoms with Crippen molar-refractivity contribution >= 4 is 11.8 Å². The number of rotatable bonds is 8. The smallest absolute Gasteiger partial charge is 0.0438 e. The van der Waals surface area contributed by atoms with E-state index in [4.69, 9.17) is 5.11 Å². The van der Waals surface area contributed by atoms with Gasteiger partial charge in [0.2, 0.25) is 0 Å². The van der Waals surface area contributed by atoms with Gasteiger partial charge in [0.25, 0.3) is 0 Å². The summed E-state index contributed by atoms with van der Waals surface area (Å²) < 4.78 is 0. The largest absolute Gasteiger partial charge is 0.396 e. The standard InChI is InChI=1S/C13H27NOS/c1-12(13-6-3-2-4-7-13)14-8-11-16-10-5-9-15/h12-15H,2-11H2,1H3. The molecule has 0 aliphatic heterocycles. The zero-order valence-electron chi connectivity index (χ0n) is 10.6. The molecule has 1 fully saturated rings. The van der Waals surface area contributed by atoms with Crippen LogP contribution in [0.25, 0.3) is 0 Å². The minimum Gasteiger partial charge on any atom is -0.396 e. The molecule has 1 aliphatic rings.